The van der Waals surface area contributed by atoms with E-state index in [1.54, 1.807) is 0 Å². The molecule has 1 saturated carbocycles. The molecule has 88 valence electrons. The van der Waals surface area contributed by atoms with Gasteiger partial charge in [-0.3, -0.25) is 4.98 Å². The molecule has 1 aromatic heterocycles. The zero-order chi connectivity index (χ0) is 11.4. The second-order valence-electron chi connectivity index (χ2n) is 4.84. The maximum absolute atomic E-state index is 8.96. The highest BCUT2D eigenvalue weighted by Gasteiger charge is 2.41. The number of nitrogens with zero attached hydrogens (tertiary/aromatic N) is 1. The van der Waals surface area contributed by atoms with E-state index < -0.39 is 0 Å². The molecule has 2 N–H and O–H groups in total. The van der Waals surface area contributed by atoms with E-state index in [1.165, 1.54) is 18.4 Å². The molecular weight excluding hydrogens is 200 g/mol. The first-order chi connectivity index (χ1) is 7.76. The predicted molar refractivity (Wildman–Crippen MR) is 64.1 cm³/mol. The Balaban J connectivity index is 1.78. The largest absolute Gasteiger partial charge is 0.396 e. The summed E-state index contributed by atoms with van der Waals surface area (Å²) < 4.78 is 0. The van der Waals surface area contributed by atoms with Gasteiger partial charge in [-0.05, 0) is 43.2 Å². The van der Waals surface area contributed by atoms with E-state index >= 15 is 0 Å². The van der Waals surface area contributed by atoms with Crippen molar-refractivity contribution in [3.8, 4) is 0 Å². The minimum absolute atomic E-state index is 0.310. The molecule has 0 amide bonds. The number of hydrogen-bond donors (Lipinski definition) is 2. The molecular formula is C13H20N2O. The van der Waals surface area contributed by atoms with Crippen LogP contribution in [0, 0.1) is 12.3 Å². The van der Waals surface area contributed by atoms with Crippen molar-refractivity contribution in [2.24, 2.45) is 5.41 Å². The number of rotatable bonds is 6. The minimum Gasteiger partial charge on any atom is -0.396 e. The Hall–Kier alpha value is -0.930. The molecule has 0 spiro atoms. The summed E-state index contributed by atoms with van der Waals surface area (Å²) in [5, 5.41) is 12.4. The van der Waals surface area contributed by atoms with Gasteiger partial charge in [0.25, 0.3) is 0 Å². The van der Waals surface area contributed by atoms with E-state index in [2.05, 4.69) is 23.3 Å². The van der Waals surface area contributed by atoms with Crippen LogP contribution in [0.5, 0.6) is 0 Å². The van der Waals surface area contributed by atoms with Crippen LogP contribution in [0.25, 0.3) is 0 Å². The molecule has 0 aliphatic heterocycles. The minimum atomic E-state index is 0.310. The molecule has 3 nitrogen and oxygen atoms in total. The third-order valence-electron chi connectivity index (χ3n) is 3.51. The Kier molecular flexibility index (Phi) is 3.56. The van der Waals surface area contributed by atoms with Gasteiger partial charge in [-0.25, -0.2) is 0 Å². The van der Waals surface area contributed by atoms with Gasteiger partial charge in [0.15, 0.2) is 0 Å². The van der Waals surface area contributed by atoms with E-state index in [4.69, 9.17) is 5.11 Å². The summed E-state index contributed by atoms with van der Waals surface area (Å²) in [4.78, 5) is 4.35. The zero-order valence-electron chi connectivity index (χ0n) is 9.87. The van der Waals surface area contributed by atoms with Crippen LogP contribution in [0.3, 0.4) is 0 Å². The van der Waals surface area contributed by atoms with Crippen molar-refractivity contribution < 1.29 is 5.11 Å². The summed E-state index contributed by atoms with van der Waals surface area (Å²) >= 11 is 0. The van der Waals surface area contributed by atoms with Crippen molar-refractivity contribution in [3.05, 3.63) is 29.6 Å². The highest BCUT2D eigenvalue weighted by Crippen LogP contribution is 2.47. The molecule has 1 heterocycles. The van der Waals surface area contributed by atoms with Crippen molar-refractivity contribution >= 4 is 0 Å². The van der Waals surface area contributed by atoms with Crippen molar-refractivity contribution in [1.29, 1.82) is 0 Å². The fraction of sp³-hybridized carbons (Fsp3) is 0.615. The fourth-order valence-electron chi connectivity index (χ4n) is 2.08. The summed E-state index contributed by atoms with van der Waals surface area (Å²) in [5.41, 5.74) is 2.75. The van der Waals surface area contributed by atoms with Gasteiger partial charge < -0.3 is 10.4 Å². The van der Waals surface area contributed by atoms with Crippen LogP contribution >= 0.6 is 0 Å². The van der Waals surface area contributed by atoms with E-state index in [0.717, 1.165) is 25.2 Å². The third kappa shape index (κ3) is 2.80. The zero-order valence-corrected chi connectivity index (χ0v) is 9.87. The molecule has 0 radical (unpaired) electrons. The Morgan fingerprint density at radius 1 is 1.50 bits per heavy atom. The highest BCUT2D eigenvalue weighted by molar-refractivity contribution is 5.17. The molecule has 1 aliphatic rings. The monoisotopic (exact) mass is 220 g/mol. The van der Waals surface area contributed by atoms with Crippen molar-refractivity contribution in [2.75, 3.05) is 13.2 Å². The molecule has 1 aliphatic carbocycles. The van der Waals surface area contributed by atoms with Gasteiger partial charge >= 0.3 is 0 Å². The quantitative estimate of drug-likeness (QED) is 0.766. The average Bonchev–Trinajstić information content (AvgIpc) is 3.02. The van der Waals surface area contributed by atoms with Crippen LogP contribution in [-0.2, 0) is 6.54 Å². The van der Waals surface area contributed by atoms with Crippen molar-refractivity contribution in [2.45, 2.75) is 32.7 Å². The molecule has 0 unspecified atom stereocenters. The van der Waals surface area contributed by atoms with Crippen LogP contribution in [0.2, 0.25) is 0 Å². The Morgan fingerprint density at radius 3 is 2.94 bits per heavy atom. The Morgan fingerprint density at radius 2 is 2.31 bits per heavy atom. The predicted octanol–water partition coefficient (Wildman–Crippen LogP) is 1.64. The molecule has 0 bridgehead atoms. The number of hydrogen-bond acceptors (Lipinski definition) is 3. The summed E-state index contributed by atoms with van der Waals surface area (Å²) in [5.74, 6) is 0. The van der Waals surface area contributed by atoms with Gasteiger partial charge in [0.1, 0.15) is 0 Å². The maximum Gasteiger partial charge on any atom is 0.0570 e. The maximum atomic E-state index is 8.96. The Labute approximate surface area is 96.9 Å². The number of nitrogens with one attached hydrogen (secondary N) is 1. The molecule has 0 aromatic carbocycles. The summed E-state index contributed by atoms with van der Waals surface area (Å²) in [7, 11) is 0. The molecule has 3 heteroatoms. The van der Waals surface area contributed by atoms with Crippen LogP contribution in [0.1, 0.15) is 30.5 Å². The normalized spacial score (nSPS) is 17.4. The molecule has 1 aromatic rings. The summed E-state index contributed by atoms with van der Waals surface area (Å²) in [6, 6.07) is 4.05. The van der Waals surface area contributed by atoms with Crippen LogP contribution in [0.15, 0.2) is 18.3 Å². The van der Waals surface area contributed by atoms with Gasteiger partial charge in [-0.1, -0.05) is 6.07 Å². The van der Waals surface area contributed by atoms with E-state index in [1.807, 2.05) is 12.3 Å². The first-order valence-corrected chi connectivity index (χ1v) is 5.98. The molecule has 0 saturated heterocycles. The lowest BCUT2D eigenvalue weighted by Crippen LogP contribution is -2.25. The van der Waals surface area contributed by atoms with E-state index in [-0.39, 0.29) is 0 Å². The Bertz CT molecular complexity index is 348. The second kappa shape index (κ2) is 4.93. The first-order valence-electron chi connectivity index (χ1n) is 5.98. The van der Waals surface area contributed by atoms with Crippen LogP contribution in [0.4, 0.5) is 0 Å². The average molecular weight is 220 g/mol. The van der Waals surface area contributed by atoms with Crippen LogP contribution < -0.4 is 5.32 Å². The lowest BCUT2D eigenvalue weighted by molar-refractivity contribution is 0.245. The number of aliphatic hydroxyl groups is 1. The second-order valence-corrected chi connectivity index (χ2v) is 4.84. The lowest BCUT2D eigenvalue weighted by atomic mass is 10.0. The van der Waals surface area contributed by atoms with Gasteiger partial charge in [-0.15, -0.1) is 0 Å². The molecule has 2 rings (SSSR count). The SMILES string of the molecule is Cc1cccnc1CNCC1(CCO)CC1. The van der Waals surface area contributed by atoms with Gasteiger partial charge in [-0.2, -0.15) is 0 Å². The smallest absolute Gasteiger partial charge is 0.0570 e. The van der Waals surface area contributed by atoms with Crippen molar-refractivity contribution in [1.82, 2.24) is 10.3 Å². The first kappa shape index (κ1) is 11.6. The standard InChI is InChI=1S/C13H20N2O/c1-11-3-2-7-15-12(11)9-14-10-13(4-5-13)6-8-16/h2-3,7,14,16H,4-6,8-10H2,1H3. The summed E-state index contributed by atoms with van der Waals surface area (Å²) in [6.45, 7) is 4.23. The van der Waals surface area contributed by atoms with Gasteiger partial charge in [0, 0.05) is 25.9 Å². The van der Waals surface area contributed by atoms with E-state index in [0.29, 0.717) is 12.0 Å². The topological polar surface area (TPSA) is 45.2 Å². The third-order valence-corrected chi connectivity index (χ3v) is 3.51. The summed E-state index contributed by atoms with van der Waals surface area (Å²) in [6.07, 6.45) is 5.27. The number of aryl methyl sites for hydroxylation is 1. The molecule has 0 atom stereocenters. The van der Waals surface area contributed by atoms with Gasteiger partial charge in [0.05, 0.1) is 5.69 Å². The molecule has 16 heavy (non-hydrogen) atoms. The van der Waals surface area contributed by atoms with E-state index in [9.17, 15) is 0 Å². The molecule has 1 fully saturated rings. The highest BCUT2D eigenvalue weighted by atomic mass is 16.3. The fourth-order valence-corrected chi connectivity index (χ4v) is 2.08. The van der Waals surface area contributed by atoms with Crippen LogP contribution in [-0.4, -0.2) is 23.2 Å². The number of pyridine rings is 1. The number of aromatic nitrogens is 1. The lowest BCUT2D eigenvalue weighted by Gasteiger charge is -2.14. The van der Waals surface area contributed by atoms with Crippen molar-refractivity contribution in [3.63, 3.8) is 0 Å². The number of aliphatic hydroxyl groups excluding tert-OH is 1. The van der Waals surface area contributed by atoms with Gasteiger partial charge in [0.2, 0.25) is 0 Å².